The number of hydrogen-bond acceptors (Lipinski definition) is 2. The third-order valence-corrected chi connectivity index (χ3v) is 3.58. The van der Waals surface area contributed by atoms with Gasteiger partial charge in [-0.25, -0.2) is 8.78 Å². The SMILES string of the molecule is CCN(CCNCc1cccc(C(F)F)c1)C1CC1. The van der Waals surface area contributed by atoms with Gasteiger partial charge in [-0.15, -0.1) is 0 Å². The zero-order chi connectivity index (χ0) is 13.7. The molecule has 1 aromatic rings. The lowest BCUT2D eigenvalue weighted by atomic mass is 10.1. The molecule has 0 saturated heterocycles. The molecule has 106 valence electrons. The maximum absolute atomic E-state index is 12.6. The van der Waals surface area contributed by atoms with E-state index < -0.39 is 6.43 Å². The van der Waals surface area contributed by atoms with E-state index in [-0.39, 0.29) is 5.56 Å². The predicted octanol–water partition coefficient (Wildman–Crippen LogP) is 3.20. The van der Waals surface area contributed by atoms with Gasteiger partial charge < -0.3 is 5.32 Å². The van der Waals surface area contributed by atoms with Gasteiger partial charge in [-0.3, -0.25) is 4.90 Å². The van der Waals surface area contributed by atoms with E-state index in [9.17, 15) is 8.78 Å². The molecule has 2 nitrogen and oxygen atoms in total. The molecule has 0 aromatic heterocycles. The Morgan fingerprint density at radius 2 is 2.16 bits per heavy atom. The highest BCUT2D eigenvalue weighted by Gasteiger charge is 2.26. The molecular weight excluding hydrogens is 246 g/mol. The van der Waals surface area contributed by atoms with E-state index in [1.165, 1.54) is 18.9 Å². The van der Waals surface area contributed by atoms with Gasteiger partial charge >= 0.3 is 0 Å². The second kappa shape index (κ2) is 6.96. The van der Waals surface area contributed by atoms with Crippen LogP contribution in [0.5, 0.6) is 0 Å². The van der Waals surface area contributed by atoms with Crippen LogP contribution in [0, 0.1) is 0 Å². The lowest BCUT2D eigenvalue weighted by molar-refractivity contribution is 0.151. The number of benzene rings is 1. The quantitative estimate of drug-likeness (QED) is 0.728. The lowest BCUT2D eigenvalue weighted by Gasteiger charge is -2.19. The predicted molar refractivity (Wildman–Crippen MR) is 73.4 cm³/mol. The van der Waals surface area contributed by atoms with Crippen molar-refractivity contribution in [1.29, 1.82) is 0 Å². The Kier molecular flexibility index (Phi) is 5.28. The normalized spacial score (nSPS) is 15.4. The Morgan fingerprint density at radius 1 is 1.37 bits per heavy atom. The molecule has 1 N–H and O–H groups in total. The Morgan fingerprint density at radius 3 is 2.79 bits per heavy atom. The first kappa shape index (κ1) is 14.4. The van der Waals surface area contributed by atoms with Gasteiger partial charge in [0, 0.05) is 31.2 Å². The fraction of sp³-hybridized carbons (Fsp3) is 0.600. The minimum Gasteiger partial charge on any atom is -0.311 e. The van der Waals surface area contributed by atoms with Crippen molar-refractivity contribution in [2.45, 2.75) is 38.8 Å². The van der Waals surface area contributed by atoms with Gasteiger partial charge in [0.2, 0.25) is 0 Å². The molecule has 0 aliphatic heterocycles. The zero-order valence-corrected chi connectivity index (χ0v) is 11.4. The maximum Gasteiger partial charge on any atom is 0.263 e. The summed E-state index contributed by atoms with van der Waals surface area (Å²) in [6.07, 6.45) is 0.263. The average molecular weight is 268 g/mol. The summed E-state index contributed by atoms with van der Waals surface area (Å²) in [5.74, 6) is 0. The van der Waals surface area contributed by atoms with Crippen molar-refractivity contribution in [3.05, 3.63) is 35.4 Å². The minimum atomic E-state index is -2.38. The van der Waals surface area contributed by atoms with Crippen molar-refractivity contribution in [2.24, 2.45) is 0 Å². The number of rotatable bonds is 8. The van der Waals surface area contributed by atoms with Crippen molar-refractivity contribution in [1.82, 2.24) is 10.2 Å². The molecule has 1 aliphatic rings. The van der Waals surface area contributed by atoms with E-state index in [2.05, 4.69) is 17.1 Å². The molecule has 0 amide bonds. The Balaban J connectivity index is 1.71. The van der Waals surface area contributed by atoms with Crippen LogP contribution in [0.25, 0.3) is 0 Å². The molecule has 1 aliphatic carbocycles. The lowest BCUT2D eigenvalue weighted by Crippen LogP contribution is -2.33. The number of halogens is 2. The van der Waals surface area contributed by atoms with Crippen LogP contribution in [0.4, 0.5) is 8.78 Å². The van der Waals surface area contributed by atoms with Gasteiger partial charge in [-0.05, 0) is 31.0 Å². The molecule has 0 unspecified atom stereocenters. The summed E-state index contributed by atoms with van der Waals surface area (Å²) < 4.78 is 25.1. The van der Waals surface area contributed by atoms with Crippen LogP contribution in [0.3, 0.4) is 0 Å². The monoisotopic (exact) mass is 268 g/mol. The largest absolute Gasteiger partial charge is 0.311 e. The minimum absolute atomic E-state index is 0.104. The van der Waals surface area contributed by atoms with Gasteiger partial charge in [0.1, 0.15) is 0 Å². The van der Waals surface area contributed by atoms with Crippen LogP contribution in [0.1, 0.15) is 37.3 Å². The van der Waals surface area contributed by atoms with Crippen LogP contribution < -0.4 is 5.32 Å². The number of nitrogens with zero attached hydrogens (tertiary/aromatic N) is 1. The smallest absolute Gasteiger partial charge is 0.263 e. The Labute approximate surface area is 113 Å². The van der Waals surface area contributed by atoms with E-state index in [4.69, 9.17) is 0 Å². The third kappa shape index (κ3) is 4.55. The van der Waals surface area contributed by atoms with Crippen LogP contribution in [0.2, 0.25) is 0 Å². The summed E-state index contributed by atoms with van der Waals surface area (Å²) in [4.78, 5) is 2.47. The molecule has 0 bridgehead atoms. The van der Waals surface area contributed by atoms with Crippen LogP contribution >= 0.6 is 0 Å². The molecule has 2 rings (SSSR count). The highest BCUT2D eigenvalue weighted by atomic mass is 19.3. The summed E-state index contributed by atoms with van der Waals surface area (Å²) in [6.45, 7) is 5.87. The van der Waals surface area contributed by atoms with Gasteiger partial charge in [0.25, 0.3) is 6.43 Å². The topological polar surface area (TPSA) is 15.3 Å². The molecule has 1 fully saturated rings. The Hall–Kier alpha value is -1.00. The Bertz CT molecular complexity index is 391. The third-order valence-electron chi connectivity index (χ3n) is 3.58. The van der Waals surface area contributed by atoms with E-state index in [0.29, 0.717) is 6.54 Å². The summed E-state index contributed by atoms with van der Waals surface area (Å²) in [7, 11) is 0. The second-order valence-electron chi connectivity index (χ2n) is 5.08. The summed E-state index contributed by atoms with van der Waals surface area (Å²) in [5, 5.41) is 3.33. The van der Waals surface area contributed by atoms with Crippen LogP contribution in [-0.2, 0) is 6.54 Å². The molecule has 0 spiro atoms. The van der Waals surface area contributed by atoms with Crippen molar-refractivity contribution in [3.8, 4) is 0 Å². The highest BCUT2D eigenvalue weighted by Crippen LogP contribution is 2.25. The number of hydrogen-bond donors (Lipinski definition) is 1. The van der Waals surface area contributed by atoms with Gasteiger partial charge in [0.15, 0.2) is 0 Å². The molecule has 1 aromatic carbocycles. The van der Waals surface area contributed by atoms with Gasteiger partial charge in [0.05, 0.1) is 0 Å². The number of likely N-dealkylation sites (N-methyl/N-ethyl adjacent to an activating group) is 1. The van der Waals surface area contributed by atoms with Crippen molar-refractivity contribution in [2.75, 3.05) is 19.6 Å². The summed E-state index contributed by atoms with van der Waals surface area (Å²) in [6, 6.07) is 7.42. The van der Waals surface area contributed by atoms with Crippen molar-refractivity contribution < 1.29 is 8.78 Å². The van der Waals surface area contributed by atoms with E-state index in [1.807, 2.05) is 6.07 Å². The average Bonchev–Trinajstić information content (AvgIpc) is 3.23. The zero-order valence-electron chi connectivity index (χ0n) is 11.4. The first-order valence-electron chi connectivity index (χ1n) is 7.02. The summed E-state index contributed by atoms with van der Waals surface area (Å²) >= 11 is 0. The second-order valence-corrected chi connectivity index (χ2v) is 5.08. The maximum atomic E-state index is 12.6. The van der Waals surface area contributed by atoms with E-state index in [0.717, 1.165) is 31.2 Å². The van der Waals surface area contributed by atoms with Gasteiger partial charge in [-0.2, -0.15) is 0 Å². The van der Waals surface area contributed by atoms with Gasteiger partial charge in [-0.1, -0.05) is 25.1 Å². The molecule has 0 heterocycles. The number of nitrogens with one attached hydrogen (secondary N) is 1. The standard InChI is InChI=1S/C15H22F2N2/c1-2-19(14-6-7-14)9-8-18-11-12-4-3-5-13(10-12)15(16)17/h3-5,10,14-15,18H,2,6-9,11H2,1H3. The number of alkyl halides is 2. The van der Waals surface area contributed by atoms with E-state index >= 15 is 0 Å². The molecule has 1 saturated carbocycles. The summed E-state index contributed by atoms with van der Waals surface area (Å²) in [5.41, 5.74) is 1.03. The molecule has 0 radical (unpaired) electrons. The van der Waals surface area contributed by atoms with Crippen LogP contribution in [-0.4, -0.2) is 30.6 Å². The first-order valence-corrected chi connectivity index (χ1v) is 7.02. The molecular formula is C15H22F2N2. The fourth-order valence-electron chi connectivity index (χ4n) is 2.33. The first-order chi connectivity index (χ1) is 9.20. The molecule has 19 heavy (non-hydrogen) atoms. The molecule has 4 heteroatoms. The molecule has 0 atom stereocenters. The van der Waals surface area contributed by atoms with Crippen LogP contribution in [0.15, 0.2) is 24.3 Å². The fourth-order valence-corrected chi connectivity index (χ4v) is 2.33. The van der Waals surface area contributed by atoms with E-state index in [1.54, 1.807) is 12.1 Å². The highest BCUT2D eigenvalue weighted by molar-refractivity contribution is 5.24. The van der Waals surface area contributed by atoms with Crippen molar-refractivity contribution >= 4 is 0 Å². The van der Waals surface area contributed by atoms with Crippen molar-refractivity contribution in [3.63, 3.8) is 0 Å².